The van der Waals surface area contributed by atoms with E-state index < -0.39 is 0 Å². The molecule has 0 spiro atoms. The third-order valence-electron chi connectivity index (χ3n) is 1.77. The van der Waals surface area contributed by atoms with Crippen LogP contribution in [0.5, 0.6) is 0 Å². The van der Waals surface area contributed by atoms with Crippen molar-refractivity contribution in [1.29, 1.82) is 0 Å². The standard InChI is InChI=1S/C9H18BrNO3/c1-6(2)8(10)9(13)11-7(4-12)5-14-3/h6-8,12H,4-5H2,1-3H3,(H,11,13). The number of nitrogens with one attached hydrogen (secondary N) is 1. The topological polar surface area (TPSA) is 58.6 Å². The molecule has 0 aromatic carbocycles. The van der Waals surface area contributed by atoms with E-state index in [1.54, 1.807) is 0 Å². The van der Waals surface area contributed by atoms with Crippen molar-refractivity contribution in [3.05, 3.63) is 0 Å². The highest BCUT2D eigenvalue weighted by Crippen LogP contribution is 2.11. The maximum absolute atomic E-state index is 11.5. The van der Waals surface area contributed by atoms with Crippen LogP contribution in [0, 0.1) is 5.92 Å². The van der Waals surface area contributed by atoms with E-state index in [2.05, 4.69) is 21.2 Å². The summed E-state index contributed by atoms with van der Waals surface area (Å²) in [6.45, 7) is 4.10. The number of aliphatic hydroxyl groups excluding tert-OH is 1. The first-order valence-electron chi connectivity index (χ1n) is 4.57. The van der Waals surface area contributed by atoms with Crippen molar-refractivity contribution in [3.8, 4) is 0 Å². The van der Waals surface area contributed by atoms with Gasteiger partial charge in [-0.15, -0.1) is 0 Å². The smallest absolute Gasteiger partial charge is 0.234 e. The Hall–Kier alpha value is -0.130. The molecule has 0 saturated heterocycles. The summed E-state index contributed by atoms with van der Waals surface area (Å²) >= 11 is 3.28. The van der Waals surface area contributed by atoms with Crippen LogP contribution in [0.2, 0.25) is 0 Å². The van der Waals surface area contributed by atoms with E-state index in [0.717, 1.165) is 0 Å². The van der Waals surface area contributed by atoms with Crippen molar-refractivity contribution >= 4 is 21.8 Å². The minimum Gasteiger partial charge on any atom is -0.394 e. The van der Waals surface area contributed by atoms with E-state index in [0.29, 0.717) is 6.61 Å². The summed E-state index contributed by atoms with van der Waals surface area (Å²) in [6.07, 6.45) is 0. The zero-order valence-electron chi connectivity index (χ0n) is 8.79. The minimum atomic E-state index is -0.328. The first-order chi connectivity index (χ1) is 6.52. The summed E-state index contributed by atoms with van der Waals surface area (Å²) in [7, 11) is 1.53. The van der Waals surface area contributed by atoms with Crippen LogP contribution < -0.4 is 5.32 Å². The molecule has 5 heteroatoms. The number of rotatable bonds is 6. The van der Waals surface area contributed by atoms with Crippen molar-refractivity contribution in [2.24, 2.45) is 5.92 Å². The molecule has 0 saturated carbocycles. The first kappa shape index (κ1) is 13.9. The maximum Gasteiger partial charge on any atom is 0.234 e. The Morgan fingerprint density at radius 3 is 2.50 bits per heavy atom. The van der Waals surface area contributed by atoms with Crippen LogP contribution >= 0.6 is 15.9 Å². The number of ether oxygens (including phenoxy) is 1. The predicted molar refractivity (Wildman–Crippen MR) is 58.4 cm³/mol. The molecule has 0 radical (unpaired) electrons. The van der Waals surface area contributed by atoms with E-state index in [-0.39, 0.29) is 29.3 Å². The second-order valence-corrected chi connectivity index (χ2v) is 4.48. The number of hydrogen-bond acceptors (Lipinski definition) is 3. The molecule has 84 valence electrons. The average molecular weight is 268 g/mol. The van der Waals surface area contributed by atoms with Gasteiger partial charge < -0.3 is 15.2 Å². The third kappa shape index (κ3) is 4.93. The first-order valence-corrected chi connectivity index (χ1v) is 5.48. The molecule has 0 bridgehead atoms. The van der Waals surface area contributed by atoms with Gasteiger partial charge in [-0.2, -0.15) is 0 Å². The Bertz CT molecular complexity index is 175. The number of methoxy groups -OCH3 is 1. The summed E-state index contributed by atoms with van der Waals surface area (Å²) in [5, 5.41) is 11.6. The molecule has 0 aliphatic heterocycles. The monoisotopic (exact) mass is 267 g/mol. The number of halogens is 1. The van der Waals surface area contributed by atoms with Crippen molar-refractivity contribution in [1.82, 2.24) is 5.32 Å². The van der Waals surface area contributed by atoms with E-state index >= 15 is 0 Å². The van der Waals surface area contributed by atoms with Gasteiger partial charge in [-0.25, -0.2) is 0 Å². The molecule has 0 aliphatic carbocycles. The largest absolute Gasteiger partial charge is 0.394 e. The van der Waals surface area contributed by atoms with Crippen LogP contribution in [0.4, 0.5) is 0 Å². The lowest BCUT2D eigenvalue weighted by Gasteiger charge is -2.19. The molecule has 0 heterocycles. The van der Waals surface area contributed by atoms with Gasteiger partial charge in [-0.1, -0.05) is 29.8 Å². The summed E-state index contributed by atoms with van der Waals surface area (Å²) < 4.78 is 4.85. The van der Waals surface area contributed by atoms with Gasteiger partial charge in [-0.05, 0) is 5.92 Å². The van der Waals surface area contributed by atoms with Crippen LogP contribution in [-0.2, 0) is 9.53 Å². The van der Waals surface area contributed by atoms with Gasteiger partial charge in [0.05, 0.1) is 24.1 Å². The Labute approximate surface area is 93.1 Å². The number of carbonyl (C=O) groups is 1. The summed E-state index contributed by atoms with van der Waals surface area (Å²) in [6, 6.07) is -0.328. The molecule has 14 heavy (non-hydrogen) atoms. The van der Waals surface area contributed by atoms with Gasteiger partial charge in [0.2, 0.25) is 5.91 Å². The van der Waals surface area contributed by atoms with E-state index in [4.69, 9.17) is 9.84 Å². The van der Waals surface area contributed by atoms with Crippen molar-refractivity contribution in [2.45, 2.75) is 24.7 Å². The minimum absolute atomic E-state index is 0.114. The molecule has 2 atom stereocenters. The Morgan fingerprint density at radius 2 is 2.14 bits per heavy atom. The van der Waals surface area contributed by atoms with Crippen LogP contribution in [0.15, 0.2) is 0 Å². The fraction of sp³-hybridized carbons (Fsp3) is 0.889. The second kappa shape index (κ2) is 7.20. The zero-order chi connectivity index (χ0) is 11.1. The summed E-state index contributed by atoms with van der Waals surface area (Å²) in [4.78, 5) is 11.3. The molecule has 0 aromatic rings. The van der Waals surface area contributed by atoms with Crippen molar-refractivity contribution < 1.29 is 14.6 Å². The fourth-order valence-corrected chi connectivity index (χ4v) is 1.06. The molecule has 0 aromatic heterocycles. The number of alkyl halides is 1. The molecule has 0 rings (SSSR count). The average Bonchev–Trinajstić information content (AvgIpc) is 2.15. The molecular weight excluding hydrogens is 250 g/mol. The fourth-order valence-electron chi connectivity index (χ4n) is 0.925. The molecule has 4 nitrogen and oxygen atoms in total. The van der Waals surface area contributed by atoms with E-state index in [1.165, 1.54) is 7.11 Å². The van der Waals surface area contributed by atoms with Crippen LogP contribution in [0.25, 0.3) is 0 Å². The van der Waals surface area contributed by atoms with E-state index in [9.17, 15) is 4.79 Å². The molecule has 2 N–H and O–H groups in total. The highest BCUT2D eigenvalue weighted by molar-refractivity contribution is 9.10. The van der Waals surface area contributed by atoms with Gasteiger partial charge in [0.25, 0.3) is 0 Å². The highest BCUT2D eigenvalue weighted by Gasteiger charge is 2.21. The van der Waals surface area contributed by atoms with Crippen LogP contribution in [-0.4, -0.2) is 42.2 Å². The Balaban J connectivity index is 4.01. The summed E-state index contributed by atoms with van der Waals surface area (Å²) in [5.74, 6) is 0.105. The molecule has 0 aliphatic rings. The van der Waals surface area contributed by atoms with Gasteiger partial charge >= 0.3 is 0 Å². The van der Waals surface area contributed by atoms with Crippen LogP contribution in [0.3, 0.4) is 0 Å². The lowest BCUT2D eigenvalue weighted by atomic mass is 10.1. The van der Waals surface area contributed by atoms with Gasteiger partial charge in [0.15, 0.2) is 0 Å². The van der Waals surface area contributed by atoms with Crippen molar-refractivity contribution in [3.63, 3.8) is 0 Å². The maximum atomic E-state index is 11.5. The second-order valence-electron chi connectivity index (χ2n) is 3.49. The number of carbonyl (C=O) groups excluding carboxylic acids is 1. The molecular formula is C9H18BrNO3. The Morgan fingerprint density at radius 1 is 1.57 bits per heavy atom. The molecule has 1 amide bonds. The number of aliphatic hydroxyl groups is 1. The normalized spacial score (nSPS) is 15.3. The lowest BCUT2D eigenvalue weighted by Crippen LogP contribution is -2.45. The van der Waals surface area contributed by atoms with Gasteiger partial charge in [0.1, 0.15) is 0 Å². The zero-order valence-corrected chi connectivity index (χ0v) is 10.4. The Kier molecular flexibility index (Phi) is 7.13. The molecule has 0 fully saturated rings. The SMILES string of the molecule is COCC(CO)NC(=O)C(Br)C(C)C. The lowest BCUT2D eigenvalue weighted by molar-refractivity contribution is -0.122. The quantitative estimate of drug-likeness (QED) is 0.691. The highest BCUT2D eigenvalue weighted by atomic mass is 79.9. The summed E-state index contributed by atoms with van der Waals surface area (Å²) in [5.41, 5.74) is 0. The number of hydrogen-bond donors (Lipinski definition) is 2. The van der Waals surface area contributed by atoms with E-state index in [1.807, 2.05) is 13.8 Å². The third-order valence-corrected chi connectivity index (χ3v) is 3.24. The van der Waals surface area contributed by atoms with Crippen LogP contribution in [0.1, 0.15) is 13.8 Å². The number of amides is 1. The molecule has 2 unspecified atom stereocenters. The van der Waals surface area contributed by atoms with Gasteiger partial charge in [0, 0.05) is 7.11 Å². The van der Waals surface area contributed by atoms with Crippen molar-refractivity contribution in [2.75, 3.05) is 20.3 Å². The predicted octanol–water partition coefficient (Wildman–Crippen LogP) is 0.529. The van der Waals surface area contributed by atoms with Gasteiger partial charge in [-0.3, -0.25) is 4.79 Å².